The van der Waals surface area contributed by atoms with Gasteiger partial charge in [0, 0.05) is 12.2 Å². The summed E-state index contributed by atoms with van der Waals surface area (Å²) in [4.78, 5) is 12.1. The Balaban J connectivity index is 2.93. The molecule has 0 atom stereocenters. The Morgan fingerprint density at radius 1 is 1.29 bits per heavy atom. The van der Waals surface area contributed by atoms with Gasteiger partial charge < -0.3 is 11.1 Å². The molecule has 0 heterocycles. The van der Waals surface area contributed by atoms with E-state index in [1.54, 1.807) is 0 Å². The van der Waals surface area contributed by atoms with Crippen molar-refractivity contribution >= 4 is 11.6 Å². The summed E-state index contributed by atoms with van der Waals surface area (Å²) in [5.41, 5.74) is 4.44. The molecule has 0 radical (unpaired) electrons. The highest BCUT2D eigenvalue weighted by atomic mass is 19.4. The van der Waals surface area contributed by atoms with Gasteiger partial charge in [0.2, 0.25) is 0 Å². The third-order valence-corrected chi connectivity index (χ3v) is 3.89. The SMILES string of the molecule is CC(C)C(C)(C)CNC(=O)c1cc(C(F)(F)F)ccc1N. The number of nitrogens with one attached hydrogen (secondary N) is 1. The molecule has 21 heavy (non-hydrogen) atoms. The number of amides is 1. The number of carbonyl (C=O) groups is 1. The summed E-state index contributed by atoms with van der Waals surface area (Å²) in [6, 6.07) is 2.75. The van der Waals surface area contributed by atoms with E-state index in [1.165, 1.54) is 0 Å². The fourth-order valence-electron chi connectivity index (χ4n) is 1.54. The van der Waals surface area contributed by atoms with Crippen molar-refractivity contribution in [3.63, 3.8) is 0 Å². The van der Waals surface area contributed by atoms with Crippen LogP contribution in [0.25, 0.3) is 0 Å². The highest BCUT2D eigenvalue weighted by Gasteiger charge is 2.32. The van der Waals surface area contributed by atoms with Crippen LogP contribution in [0.1, 0.15) is 43.6 Å². The third kappa shape index (κ3) is 4.37. The minimum absolute atomic E-state index is 0.0304. The van der Waals surface area contributed by atoms with Gasteiger partial charge >= 0.3 is 6.18 Å². The summed E-state index contributed by atoms with van der Waals surface area (Å²) in [6.07, 6.45) is -4.50. The van der Waals surface area contributed by atoms with E-state index in [0.717, 1.165) is 18.2 Å². The van der Waals surface area contributed by atoms with Gasteiger partial charge in [-0.2, -0.15) is 13.2 Å². The number of benzene rings is 1. The molecule has 1 amide bonds. The number of hydrogen-bond acceptors (Lipinski definition) is 2. The van der Waals surface area contributed by atoms with Crippen LogP contribution in [0.5, 0.6) is 0 Å². The molecule has 1 rings (SSSR count). The molecule has 0 fully saturated rings. The maximum absolute atomic E-state index is 12.7. The molecule has 0 saturated carbocycles. The van der Waals surface area contributed by atoms with Crippen molar-refractivity contribution in [1.29, 1.82) is 0 Å². The molecule has 3 nitrogen and oxygen atoms in total. The predicted molar refractivity (Wildman–Crippen MR) is 76.8 cm³/mol. The zero-order chi connectivity index (χ0) is 16.4. The number of hydrogen-bond donors (Lipinski definition) is 2. The molecule has 118 valence electrons. The number of nitrogens with two attached hydrogens (primary N) is 1. The summed E-state index contributed by atoms with van der Waals surface area (Å²) < 4.78 is 38.0. The number of anilines is 1. The number of nitrogen functional groups attached to an aromatic ring is 1. The minimum Gasteiger partial charge on any atom is -0.398 e. The van der Waals surface area contributed by atoms with Gasteiger partial charge in [-0.3, -0.25) is 4.79 Å². The lowest BCUT2D eigenvalue weighted by atomic mass is 9.81. The van der Waals surface area contributed by atoms with Crippen LogP contribution in [0.2, 0.25) is 0 Å². The van der Waals surface area contributed by atoms with E-state index in [9.17, 15) is 18.0 Å². The van der Waals surface area contributed by atoms with Gasteiger partial charge in [0.25, 0.3) is 5.91 Å². The van der Waals surface area contributed by atoms with Crippen LogP contribution in [-0.4, -0.2) is 12.5 Å². The Morgan fingerprint density at radius 3 is 2.33 bits per heavy atom. The summed E-state index contributed by atoms with van der Waals surface area (Å²) in [7, 11) is 0. The quantitative estimate of drug-likeness (QED) is 0.833. The van der Waals surface area contributed by atoms with Crippen molar-refractivity contribution in [1.82, 2.24) is 5.32 Å². The smallest absolute Gasteiger partial charge is 0.398 e. The normalized spacial score (nSPS) is 12.6. The summed E-state index contributed by atoms with van der Waals surface area (Å²) >= 11 is 0. The molecule has 0 bridgehead atoms. The first-order chi connectivity index (χ1) is 9.45. The van der Waals surface area contributed by atoms with E-state index in [1.807, 2.05) is 27.7 Å². The number of rotatable bonds is 4. The molecule has 0 spiro atoms. The predicted octanol–water partition coefficient (Wildman–Crippen LogP) is 3.70. The second-order valence-corrected chi connectivity index (χ2v) is 6.13. The number of halogens is 3. The van der Waals surface area contributed by atoms with Gasteiger partial charge in [-0.25, -0.2) is 0 Å². The maximum atomic E-state index is 12.7. The van der Waals surface area contributed by atoms with Crippen LogP contribution >= 0.6 is 0 Å². The summed E-state index contributed by atoms with van der Waals surface area (Å²) in [5.74, 6) is -0.274. The Bertz CT molecular complexity index is 522. The molecule has 0 aliphatic carbocycles. The van der Waals surface area contributed by atoms with Gasteiger partial charge in [0.1, 0.15) is 0 Å². The number of carbonyl (C=O) groups excluding carboxylic acids is 1. The van der Waals surface area contributed by atoms with Gasteiger partial charge in [-0.1, -0.05) is 27.7 Å². The second-order valence-electron chi connectivity index (χ2n) is 6.13. The Kier molecular flexibility index (Phi) is 4.91. The van der Waals surface area contributed by atoms with E-state index in [4.69, 9.17) is 5.73 Å². The average Bonchev–Trinajstić information content (AvgIpc) is 2.35. The first kappa shape index (κ1) is 17.3. The van der Waals surface area contributed by atoms with Crippen LogP contribution in [0.4, 0.5) is 18.9 Å². The second kappa shape index (κ2) is 5.95. The maximum Gasteiger partial charge on any atom is 0.416 e. The van der Waals surface area contributed by atoms with Crippen molar-refractivity contribution < 1.29 is 18.0 Å². The lowest BCUT2D eigenvalue weighted by Gasteiger charge is -2.29. The van der Waals surface area contributed by atoms with Crippen LogP contribution < -0.4 is 11.1 Å². The van der Waals surface area contributed by atoms with Crippen LogP contribution in [0.15, 0.2) is 18.2 Å². The summed E-state index contributed by atoms with van der Waals surface area (Å²) in [6.45, 7) is 8.36. The van der Waals surface area contributed by atoms with E-state index >= 15 is 0 Å². The largest absolute Gasteiger partial charge is 0.416 e. The fraction of sp³-hybridized carbons (Fsp3) is 0.533. The highest BCUT2D eigenvalue weighted by molar-refractivity contribution is 5.99. The van der Waals surface area contributed by atoms with E-state index in [0.29, 0.717) is 12.5 Å². The monoisotopic (exact) mass is 302 g/mol. The summed E-state index contributed by atoms with van der Waals surface area (Å²) in [5, 5.41) is 2.65. The molecule has 0 aliphatic heterocycles. The Labute approximate surface area is 122 Å². The molecule has 6 heteroatoms. The first-order valence-corrected chi connectivity index (χ1v) is 6.70. The van der Waals surface area contributed by atoms with Crippen molar-refractivity contribution in [2.75, 3.05) is 12.3 Å². The van der Waals surface area contributed by atoms with Gasteiger partial charge in [-0.15, -0.1) is 0 Å². The molecule has 0 unspecified atom stereocenters. The topological polar surface area (TPSA) is 55.1 Å². The van der Waals surface area contributed by atoms with Crippen LogP contribution in [0.3, 0.4) is 0 Å². The molecule has 1 aromatic carbocycles. The third-order valence-electron chi connectivity index (χ3n) is 3.89. The van der Waals surface area contributed by atoms with Crippen LogP contribution in [-0.2, 0) is 6.18 Å². The van der Waals surface area contributed by atoms with Crippen LogP contribution in [0, 0.1) is 11.3 Å². The van der Waals surface area contributed by atoms with E-state index in [-0.39, 0.29) is 16.7 Å². The number of alkyl halides is 3. The lowest BCUT2D eigenvalue weighted by molar-refractivity contribution is -0.137. The lowest BCUT2D eigenvalue weighted by Crippen LogP contribution is -2.37. The molecular formula is C15H21F3N2O. The molecule has 1 aromatic rings. The first-order valence-electron chi connectivity index (χ1n) is 6.70. The molecule has 3 N–H and O–H groups in total. The molecule has 0 saturated heterocycles. The van der Waals surface area contributed by atoms with Gasteiger partial charge in [0.05, 0.1) is 11.1 Å². The highest BCUT2D eigenvalue weighted by Crippen LogP contribution is 2.31. The molecule has 0 aromatic heterocycles. The Morgan fingerprint density at radius 2 is 1.86 bits per heavy atom. The zero-order valence-electron chi connectivity index (χ0n) is 12.6. The molecular weight excluding hydrogens is 281 g/mol. The minimum atomic E-state index is -4.50. The Hall–Kier alpha value is -1.72. The van der Waals surface area contributed by atoms with Gasteiger partial charge in [-0.05, 0) is 29.5 Å². The van der Waals surface area contributed by atoms with Gasteiger partial charge in [0.15, 0.2) is 0 Å². The fourth-order valence-corrected chi connectivity index (χ4v) is 1.54. The van der Waals surface area contributed by atoms with E-state index < -0.39 is 17.6 Å². The van der Waals surface area contributed by atoms with E-state index in [2.05, 4.69) is 5.32 Å². The standard InChI is InChI=1S/C15H21F3N2O/c1-9(2)14(3,4)8-20-13(21)11-7-10(15(16,17)18)5-6-12(11)19/h5-7,9H,8,19H2,1-4H3,(H,20,21). The average molecular weight is 302 g/mol. The van der Waals surface area contributed by atoms with Crippen molar-refractivity contribution in [2.24, 2.45) is 11.3 Å². The van der Waals surface area contributed by atoms with Crippen molar-refractivity contribution in [3.05, 3.63) is 29.3 Å². The van der Waals surface area contributed by atoms with Crippen molar-refractivity contribution in [3.8, 4) is 0 Å². The zero-order valence-corrected chi connectivity index (χ0v) is 12.6. The molecule has 0 aliphatic rings. The van der Waals surface area contributed by atoms with Crippen molar-refractivity contribution in [2.45, 2.75) is 33.9 Å².